The van der Waals surface area contributed by atoms with E-state index in [9.17, 15) is 4.57 Å². The van der Waals surface area contributed by atoms with Crippen molar-refractivity contribution >= 4 is 7.60 Å². The van der Waals surface area contributed by atoms with Gasteiger partial charge in [-0.25, -0.2) is 0 Å². The average molecular weight is 618 g/mol. The molecule has 0 spiro atoms. The first-order valence-corrected chi connectivity index (χ1v) is 20.3. The van der Waals surface area contributed by atoms with E-state index in [0.717, 1.165) is 51.6 Å². The summed E-state index contributed by atoms with van der Waals surface area (Å²) < 4.78 is 25.9. The molecule has 4 N–H and O–H groups in total. The number of nitrogens with two attached hydrogens (primary N) is 2. The van der Waals surface area contributed by atoms with Gasteiger partial charge in [-0.05, 0) is 51.9 Å². The lowest BCUT2D eigenvalue weighted by Crippen LogP contribution is -2.30. The first kappa shape index (κ1) is 42.0. The summed E-state index contributed by atoms with van der Waals surface area (Å²) in [6, 6.07) is 0. The Bertz CT molecular complexity index is 526. The van der Waals surface area contributed by atoms with Crippen molar-refractivity contribution in [3.05, 3.63) is 0 Å². The molecule has 0 aliphatic heterocycles. The summed E-state index contributed by atoms with van der Waals surface area (Å²) in [5.41, 5.74) is 11.5. The molecule has 0 radical (unpaired) electrons. The molecule has 0 aromatic heterocycles. The lowest BCUT2D eigenvalue weighted by molar-refractivity contribution is 0.177. The predicted molar refractivity (Wildman–Crippen MR) is 185 cm³/mol. The zero-order valence-electron chi connectivity index (χ0n) is 28.6. The summed E-state index contributed by atoms with van der Waals surface area (Å²) in [5, 5.41) is 0. The number of nitrogens with zero attached hydrogens (tertiary/aromatic N) is 1. The number of unbranched alkanes of at least 4 members (excludes halogenated alkanes) is 22. The third-order valence-corrected chi connectivity index (χ3v) is 10.2. The van der Waals surface area contributed by atoms with Crippen molar-refractivity contribution < 1.29 is 13.6 Å². The highest BCUT2D eigenvalue weighted by Crippen LogP contribution is 2.49. The van der Waals surface area contributed by atoms with E-state index >= 15 is 0 Å². The highest BCUT2D eigenvalue weighted by atomic mass is 31.2. The van der Waals surface area contributed by atoms with E-state index in [1.165, 1.54) is 128 Å². The van der Waals surface area contributed by atoms with Gasteiger partial charge in [0.2, 0.25) is 0 Å². The Morgan fingerprint density at radius 3 is 1.02 bits per heavy atom. The second kappa shape index (κ2) is 33.9. The van der Waals surface area contributed by atoms with Gasteiger partial charge >= 0.3 is 7.60 Å². The SMILES string of the molecule is CCCCCCCCCCCCCCOP(=O)(CN(CCCN)CCCN)OCCCCCCCCCCCCCC. The molecule has 0 amide bonds. The summed E-state index contributed by atoms with van der Waals surface area (Å²) in [5.74, 6) is 0. The van der Waals surface area contributed by atoms with Crippen LogP contribution in [0.1, 0.15) is 181 Å². The maximum Gasteiger partial charge on any atom is 0.344 e. The lowest BCUT2D eigenvalue weighted by atomic mass is 10.1. The second-order valence-corrected chi connectivity index (χ2v) is 14.6. The molecule has 0 aliphatic carbocycles. The summed E-state index contributed by atoms with van der Waals surface area (Å²) in [7, 11) is -3.18. The van der Waals surface area contributed by atoms with Crippen molar-refractivity contribution in [2.75, 3.05) is 45.7 Å². The lowest BCUT2D eigenvalue weighted by Gasteiger charge is -2.27. The van der Waals surface area contributed by atoms with Crippen LogP contribution in [0.2, 0.25) is 0 Å². The van der Waals surface area contributed by atoms with E-state index in [0.29, 0.717) is 32.6 Å². The van der Waals surface area contributed by atoms with Gasteiger partial charge in [0.25, 0.3) is 0 Å². The highest BCUT2D eigenvalue weighted by molar-refractivity contribution is 7.53. The van der Waals surface area contributed by atoms with Gasteiger partial charge in [-0.2, -0.15) is 0 Å². The molecular weight excluding hydrogens is 541 g/mol. The number of rotatable bonds is 36. The van der Waals surface area contributed by atoms with Gasteiger partial charge in [0.1, 0.15) is 6.29 Å². The zero-order valence-corrected chi connectivity index (χ0v) is 29.5. The fourth-order valence-electron chi connectivity index (χ4n) is 5.54. The molecule has 0 fully saturated rings. The average Bonchev–Trinajstić information content (AvgIpc) is 2.99. The molecule has 0 aromatic carbocycles. The van der Waals surface area contributed by atoms with E-state index in [4.69, 9.17) is 20.5 Å². The molecule has 6 nitrogen and oxygen atoms in total. The van der Waals surface area contributed by atoms with Gasteiger partial charge in [0.05, 0.1) is 13.2 Å². The van der Waals surface area contributed by atoms with E-state index in [1.54, 1.807) is 0 Å². The molecular formula is C35H76N3O3P. The standard InChI is InChI=1S/C35H76N3O3P/c1-3-5-7-9-11-13-15-17-19-21-23-25-33-40-42(39,35-38(31-27-29-36)32-28-30-37)41-34-26-24-22-20-18-16-14-12-10-8-6-4-2/h3-37H2,1-2H3. The van der Waals surface area contributed by atoms with Crippen LogP contribution in [0.4, 0.5) is 0 Å². The fourth-order valence-corrected chi connectivity index (χ4v) is 7.37. The van der Waals surface area contributed by atoms with Crippen LogP contribution in [0.3, 0.4) is 0 Å². The van der Waals surface area contributed by atoms with Gasteiger partial charge in [-0.3, -0.25) is 9.46 Å². The van der Waals surface area contributed by atoms with Crippen molar-refractivity contribution in [2.45, 2.75) is 181 Å². The van der Waals surface area contributed by atoms with Crippen molar-refractivity contribution in [1.29, 1.82) is 0 Å². The Hall–Kier alpha value is 0.0300. The molecule has 7 heteroatoms. The van der Waals surface area contributed by atoms with Gasteiger partial charge in [0.15, 0.2) is 0 Å². The summed E-state index contributed by atoms with van der Waals surface area (Å²) in [4.78, 5) is 2.19. The van der Waals surface area contributed by atoms with Crippen LogP contribution >= 0.6 is 7.60 Å². The summed E-state index contributed by atoms with van der Waals surface area (Å²) in [6.45, 7) is 8.47. The summed E-state index contributed by atoms with van der Waals surface area (Å²) in [6.07, 6.45) is 33.4. The Labute approximate surface area is 263 Å². The van der Waals surface area contributed by atoms with Crippen LogP contribution in [0.5, 0.6) is 0 Å². The molecule has 0 atom stereocenters. The molecule has 42 heavy (non-hydrogen) atoms. The predicted octanol–water partition coefficient (Wildman–Crippen LogP) is 10.6. The Morgan fingerprint density at radius 1 is 0.452 bits per heavy atom. The Kier molecular flexibility index (Phi) is 33.9. The van der Waals surface area contributed by atoms with Crippen LogP contribution in [0.25, 0.3) is 0 Å². The van der Waals surface area contributed by atoms with Crippen LogP contribution < -0.4 is 11.5 Å². The van der Waals surface area contributed by atoms with Crippen molar-refractivity contribution in [2.24, 2.45) is 11.5 Å². The Balaban J connectivity index is 4.26. The van der Waals surface area contributed by atoms with Crippen molar-refractivity contribution in [3.63, 3.8) is 0 Å². The number of hydrogen-bond donors (Lipinski definition) is 2. The van der Waals surface area contributed by atoms with E-state index in [2.05, 4.69) is 18.7 Å². The smallest absolute Gasteiger partial charge is 0.330 e. The monoisotopic (exact) mass is 618 g/mol. The van der Waals surface area contributed by atoms with Gasteiger partial charge in [0, 0.05) is 0 Å². The first-order valence-electron chi connectivity index (χ1n) is 18.6. The zero-order chi connectivity index (χ0) is 30.8. The molecule has 0 rings (SSSR count). The largest absolute Gasteiger partial charge is 0.344 e. The molecule has 254 valence electrons. The maximum absolute atomic E-state index is 13.8. The minimum Gasteiger partial charge on any atom is -0.330 e. The first-order chi connectivity index (χ1) is 20.6. The van der Waals surface area contributed by atoms with Gasteiger partial charge in [-0.15, -0.1) is 0 Å². The van der Waals surface area contributed by atoms with Crippen LogP contribution in [0.15, 0.2) is 0 Å². The normalized spacial score (nSPS) is 12.1. The summed E-state index contributed by atoms with van der Waals surface area (Å²) >= 11 is 0. The minimum atomic E-state index is -3.18. The van der Waals surface area contributed by atoms with Gasteiger partial charge < -0.3 is 20.5 Å². The molecule has 0 saturated carbocycles. The van der Waals surface area contributed by atoms with Crippen LogP contribution in [0, 0.1) is 0 Å². The third-order valence-electron chi connectivity index (χ3n) is 8.30. The molecule has 0 heterocycles. The quantitative estimate of drug-likeness (QED) is 0.0537. The molecule has 0 unspecified atom stereocenters. The molecule has 0 aromatic rings. The third kappa shape index (κ3) is 30.1. The minimum absolute atomic E-state index is 0.351. The van der Waals surface area contributed by atoms with Crippen molar-refractivity contribution in [1.82, 2.24) is 4.90 Å². The second-order valence-electron chi connectivity index (χ2n) is 12.6. The Morgan fingerprint density at radius 2 is 0.738 bits per heavy atom. The van der Waals surface area contributed by atoms with E-state index < -0.39 is 7.60 Å². The highest BCUT2D eigenvalue weighted by Gasteiger charge is 2.27. The topological polar surface area (TPSA) is 90.8 Å². The van der Waals surface area contributed by atoms with Gasteiger partial charge in [-0.1, -0.05) is 155 Å². The van der Waals surface area contributed by atoms with E-state index in [-0.39, 0.29) is 0 Å². The molecule has 0 bridgehead atoms. The molecule has 0 aliphatic rings. The fraction of sp³-hybridized carbons (Fsp3) is 1.00. The van der Waals surface area contributed by atoms with Crippen molar-refractivity contribution in [3.8, 4) is 0 Å². The van der Waals surface area contributed by atoms with E-state index in [1.807, 2.05) is 0 Å². The van der Waals surface area contributed by atoms with Crippen LogP contribution in [-0.2, 0) is 13.6 Å². The maximum atomic E-state index is 13.8. The number of hydrogen-bond acceptors (Lipinski definition) is 6. The van der Waals surface area contributed by atoms with Crippen LogP contribution in [-0.4, -0.2) is 50.6 Å². The molecule has 0 saturated heterocycles.